The maximum absolute atomic E-state index is 10.9. The van der Waals surface area contributed by atoms with Gasteiger partial charge in [-0.25, -0.2) is 4.79 Å². The van der Waals surface area contributed by atoms with Gasteiger partial charge in [0, 0.05) is 24.5 Å². The zero-order valence-electron chi connectivity index (χ0n) is 17.7. The van der Waals surface area contributed by atoms with Crippen molar-refractivity contribution in [3.63, 3.8) is 0 Å². The molecule has 32 heavy (non-hydrogen) atoms. The fourth-order valence-electron chi connectivity index (χ4n) is 3.30. The molecule has 166 valence electrons. The van der Waals surface area contributed by atoms with Crippen LogP contribution in [0.3, 0.4) is 0 Å². The third-order valence-corrected chi connectivity index (χ3v) is 5.01. The topological polar surface area (TPSA) is 89.1 Å². The number of anilines is 2. The highest BCUT2D eigenvalue weighted by molar-refractivity contribution is 5.87. The molecule has 0 aromatic heterocycles. The number of ether oxygens (including phenoxy) is 3. The Kier molecular flexibility index (Phi) is 6.97. The van der Waals surface area contributed by atoms with Gasteiger partial charge in [-0.1, -0.05) is 6.07 Å². The summed E-state index contributed by atoms with van der Waals surface area (Å²) in [6.07, 6.45) is 0.824. The average Bonchev–Trinajstić information content (AvgIpc) is 2.83. The highest BCUT2D eigenvalue weighted by atomic mass is 16.6. The molecule has 1 aliphatic rings. The highest BCUT2D eigenvalue weighted by Gasteiger charge is 2.11. The molecule has 0 saturated heterocycles. The lowest BCUT2D eigenvalue weighted by Gasteiger charge is -2.19. The largest absolute Gasteiger partial charge is 0.494 e. The predicted molar refractivity (Wildman–Crippen MR) is 123 cm³/mol. The second kappa shape index (κ2) is 10.4. The predicted octanol–water partition coefficient (Wildman–Crippen LogP) is 4.65. The minimum absolute atomic E-state index is 0.253. The molecule has 3 aromatic rings. The quantitative estimate of drug-likeness (QED) is 0.400. The molecule has 0 unspecified atom stereocenters. The Bertz CT molecular complexity index is 1040. The van der Waals surface area contributed by atoms with E-state index in [1.807, 2.05) is 42.5 Å². The maximum atomic E-state index is 10.9. The van der Waals surface area contributed by atoms with Gasteiger partial charge in [0.25, 0.3) is 0 Å². The Morgan fingerprint density at radius 2 is 1.56 bits per heavy atom. The standard InChI is InChI=1S/C25H26N2O5/c28-25(29)19-3-9-22(10-4-19)30-13-1-12-26-20-5-7-21(8-6-20)27-17-18-2-11-23-24(16-18)32-15-14-31-23/h2-11,16,26-27H,1,12-15,17H2,(H,28,29). The summed E-state index contributed by atoms with van der Waals surface area (Å²) < 4.78 is 16.8. The van der Waals surface area contributed by atoms with Gasteiger partial charge in [-0.3, -0.25) is 0 Å². The Hall–Kier alpha value is -3.87. The van der Waals surface area contributed by atoms with E-state index >= 15 is 0 Å². The molecule has 3 N–H and O–H groups in total. The van der Waals surface area contributed by atoms with Crippen LogP contribution < -0.4 is 24.8 Å². The van der Waals surface area contributed by atoms with Gasteiger partial charge in [-0.2, -0.15) is 0 Å². The third-order valence-electron chi connectivity index (χ3n) is 5.01. The molecule has 0 bridgehead atoms. The molecule has 0 amide bonds. The van der Waals surface area contributed by atoms with Gasteiger partial charge in [-0.05, 0) is 72.6 Å². The van der Waals surface area contributed by atoms with Crippen molar-refractivity contribution in [3.8, 4) is 17.2 Å². The first-order valence-electron chi connectivity index (χ1n) is 10.6. The van der Waals surface area contributed by atoms with Crippen LogP contribution in [0.25, 0.3) is 0 Å². The molecular formula is C25H26N2O5. The summed E-state index contributed by atoms with van der Waals surface area (Å²) in [6.45, 7) is 3.21. The summed E-state index contributed by atoms with van der Waals surface area (Å²) in [5.41, 5.74) is 3.47. The van der Waals surface area contributed by atoms with Crippen LogP contribution in [-0.4, -0.2) is 37.4 Å². The van der Waals surface area contributed by atoms with E-state index < -0.39 is 5.97 Å². The molecule has 4 rings (SSSR count). The number of nitrogens with one attached hydrogen (secondary N) is 2. The maximum Gasteiger partial charge on any atom is 0.335 e. The van der Waals surface area contributed by atoms with Gasteiger partial charge in [0.1, 0.15) is 19.0 Å². The van der Waals surface area contributed by atoms with Crippen LogP contribution in [0.4, 0.5) is 11.4 Å². The third kappa shape index (κ3) is 5.85. The number of hydrogen-bond acceptors (Lipinski definition) is 6. The van der Waals surface area contributed by atoms with E-state index in [1.165, 1.54) is 0 Å². The first kappa shape index (κ1) is 21.4. The number of aromatic carboxylic acids is 1. The summed E-state index contributed by atoms with van der Waals surface area (Å²) in [6, 6.07) is 20.6. The highest BCUT2D eigenvalue weighted by Crippen LogP contribution is 2.31. The zero-order chi connectivity index (χ0) is 22.2. The monoisotopic (exact) mass is 434 g/mol. The minimum atomic E-state index is -0.940. The molecule has 3 aromatic carbocycles. The molecule has 0 atom stereocenters. The molecule has 1 heterocycles. The molecule has 0 radical (unpaired) electrons. The minimum Gasteiger partial charge on any atom is -0.494 e. The second-order valence-corrected chi connectivity index (χ2v) is 7.37. The summed E-state index contributed by atoms with van der Waals surface area (Å²) >= 11 is 0. The lowest BCUT2D eigenvalue weighted by molar-refractivity contribution is 0.0697. The van der Waals surface area contributed by atoms with E-state index in [9.17, 15) is 4.79 Å². The SMILES string of the molecule is O=C(O)c1ccc(OCCCNc2ccc(NCc3ccc4c(c3)OCCO4)cc2)cc1. The van der Waals surface area contributed by atoms with E-state index in [0.29, 0.717) is 32.1 Å². The van der Waals surface area contributed by atoms with Crippen molar-refractivity contribution in [2.75, 3.05) is 37.0 Å². The number of carboxylic acids is 1. The Labute approximate surface area is 186 Å². The van der Waals surface area contributed by atoms with Crippen molar-refractivity contribution in [1.29, 1.82) is 0 Å². The Morgan fingerprint density at radius 3 is 2.28 bits per heavy atom. The molecule has 7 heteroatoms. The van der Waals surface area contributed by atoms with Gasteiger partial charge >= 0.3 is 5.97 Å². The van der Waals surface area contributed by atoms with Gasteiger partial charge in [0.2, 0.25) is 0 Å². The van der Waals surface area contributed by atoms with Crippen LogP contribution >= 0.6 is 0 Å². The first-order valence-corrected chi connectivity index (χ1v) is 10.6. The van der Waals surface area contributed by atoms with Crippen LogP contribution in [-0.2, 0) is 6.54 Å². The van der Waals surface area contributed by atoms with Crippen molar-refractivity contribution in [2.24, 2.45) is 0 Å². The molecule has 0 spiro atoms. The molecule has 0 saturated carbocycles. The van der Waals surface area contributed by atoms with Crippen LogP contribution in [0.15, 0.2) is 66.7 Å². The molecule has 1 aliphatic heterocycles. The van der Waals surface area contributed by atoms with Crippen LogP contribution in [0.5, 0.6) is 17.2 Å². The van der Waals surface area contributed by atoms with Crippen molar-refractivity contribution in [1.82, 2.24) is 0 Å². The summed E-state index contributed by atoms with van der Waals surface area (Å²) in [7, 11) is 0. The number of carboxylic acid groups (broad SMARTS) is 1. The van der Waals surface area contributed by atoms with Crippen LogP contribution in [0.1, 0.15) is 22.3 Å². The zero-order valence-corrected chi connectivity index (χ0v) is 17.7. The van der Waals surface area contributed by atoms with Gasteiger partial charge in [0.05, 0.1) is 12.2 Å². The van der Waals surface area contributed by atoms with Crippen LogP contribution in [0.2, 0.25) is 0 Å². The molecule has 7 nitrogen and oxygen atoms in total. The van der Waals surface area contributed by atoms with E-state index in [-0.39, 0.29) is 5.56 Å². The van der Waals surface area contributed by atoms with Gasteiger partial charge in [0.15, 0.2) is 11.5 Å². The first-order chi connectivity index (χ1) is 15.7. The van der Waals surface area contributed by atoms with Gasteiger partial charge in [-0.15, -0.1) is 0 Å². The number of benzene rings is 3. The average molecular weight is 434 g/mol. The molecule has 0 fully saturated rings. The van der Waals surface area contributed by atoms with Crippen LogP contribution in [0, 0.1) is 0 Å². The summed E-state index contributed by atoms with van der Waals surface area (Å²) in [4.78, 5) is 10.9. The van der Waals surface area contributed by atoms with E-state index in [4.69, 9.17) is 19.3 Å². The van der Waals surface area contributed by atoms with Crippen molar-refractivity contribution < 1.29 is 24.1 Å². The summed E-state index contributed by atoms with van der Waals surface area (Å²) in [5, 5.41) is 15.7. The lowest BCUT2D eigenvalue weighted by Crippen LogP contribution is -2.15. The molecular weight excluding hydrogens is 408 g/mol. The van der Waals surface area contributed by atoms with E-state index in [2.05, 4.69) is 10.6 Å². The normalized spacial score (nSPS) is 12.1. The smallest absolute Gasteiger partial charge is 0.335 e. The number of carbonyl (C=O) groups is 1. The number of fused-ring (bicyclic) bond motifs is 1. The second-order valence-electron chi connectivity index (χ2n) is 7.37. The lowest BCUT2D eigenvalue weighted by atomic mass is 10.2. The van der Waals surface area contributed by atoms with E-state index in [0.717, 1.165) is 41.4 Å². The van der Waals surface area contributed by atoms with Crippen molar-refractivity contribution >= 4 is 17.3 Å². The van der Waals surface area contributed by atoms with Crippen molar-refractivity contribution in [2.45, 2.75) is 13.0 Å². The Morgan fingerprint density at radius 1 is 0.875 bits per heavy atom. The van der Waals surface area contributed by atoms with E-state index in [1.54, 1.807) is 24.3 Å². The fraction of sp³-hybridized carbons (Fsp3) is 0.240. The fourth-order valence-corrected chi connectivity index (χ4v) is 3.30. The Balaban J connectivity index is 1.16. The van der Waals surface area contributed by atoms with Gasteiger partial charge < -0.3 is 30.0 Å². The number of hydrogen-bond donors (Lipinski definition) is 3. The molecule has 0 aliphatic carbocycles. The number of rotatable bonds is 10. The summed E-state index contributed by atoms with van der Waals surface area (Å²) in [5.74, 6) is 1.34. The van der Waals surface area contributed by atoms with Crippen molar-refractivity contribution in [3.05, 3.63) is 77.9 Å².